The van der Waals surface area contributed by atoms with Gasteiger partial charge in [-0.05, 0) is 29.8 Å². The van der Waals surface area contributed by atoms with Crippen molar-refractivity contribution in [3.05, 3.63) is 76.5 Å². The third-order valence-corrected chi connectivity index (χ3v) is 5.71. The van der Waals surface area contributed by atoms with E-state index in [2.05, 4.69) is 70.8 Å². The number of amides is 1. The Balaban J connectivity index is 1.35. The lowest BCUT2D eigenvalue weighted by Crippen LogP contribution is -2.46. The van der Waals surface area contributed by atoms with E-state index >= 15 is 0 Å². The molecular formula is C22H24BrN7O. The summed E-state index contributed by atoms with van der Waals surface area (Å²) in [5.41, 5.74) is 14.0. The van der Waals surface area contributed by atoms with Crippen LogP contribution in [-0.2, 0) is 6.54 Å². The Kier molecular flexibility index (Phi) is 6.63. The Bertz CT molecular complexity index is 1020. The fourth-order valence-electron chi connectivity index (χ4n) is 3.49. The van der Waals surface area contributed by atoms with E-state index in [1.165, 1.54) is 11.9 Å². The van der Waals surface area contributed by atoms with Crippen LogP contribution in [0.3, 0.4) is 0 Å². The number of halogens is 1. The number of carbonyl (C=O) groups excluding carboxylic acids is 1. The number of nitrogen functional groups attached to an aromatic ring is 1. The van der Waals surface area contributed by atoms with Gasteiger partial charge in [0.2, 0.25) is 0 Å². The molecule has 1 saturated heterocycles. The zero-order valence-electron chi connectivity index (χ0n) is 17.0. The summed E-state index contributed by atoms with van der Waals surface area (Å²) in [7, 11) is 0. The van der Waals surface area contributed by atoms with Gasteiger partial charge in [-0.3, -0.25) is 20.5 Å². The van der Waals surface area contributed by atoms with Crippen molar-refractivity contribution in [2.75, 3.05) is 42.2 Å². The molecule has 2 heterocycles. The molecule has 0 radical (unpaired) electrons. The van der Waals surface area contributed by atoms with E-state index in [4.69, 9.17) is 5.73 Å². The Labute approximate surface area is 189 Å². The van der Waals surface area contributed by atoms with Crippen molar-refractivity contribution in [3.63, 3.8) is 0 Å². The number of piperazine rings is 1. The summed E-state index contributed by atoms with van der Waals surface area (Å²) in [4.78, 5) is 25.5. The summed E-state index contributed by atoms with van der Waals surface area (Å²) in [5, 5.41) is 0. The number of anilines is 3. The largest absolute Gasteiger partial charge is 0.393 e. The summed E-state index contributed by atoms with van der Waals surface area (Å²) in [6.07, 6.45) is 1.45. The number of hydrogen-bond acceptors (Lipinski definition) is 7. The first kappa shape index (κ1) is 21.1. The summed E-state index contributed by atoms with van der Waals surface area (Å²) in [6, 6.07) is 17.5. The first-order valence-electron chi connectivity index (χ1n) is 10.0. The molecule has 1 aliphatic rings. The van der Waals surface area contributed by atoms with Crippen LogP contribution >= 0.6 is 15.9 Å². The van der Waals surface area contributed by atoms with Crippen LogP contribution in [0.2, 0.25) is 0 Å². The molecule has 31 heavy (non-hydrogen) atoms. The number of hydrazine groups is 1. The van der Waals surface area contributed by atoms with Gasteiger partial charge in [-0.25, -0.2) is 9.97 Å². The second kappa shape index (κ2) is 9.76. The normalized spacial score (nSPS) is 14.3. The number of nitrogens with zero attached hydrogens (tertiary/aromatic N) is 4. The van der Waals surface area contributed by atoms with Crippen LogP contribution in [0.5, 0.6) is 0 Å². The smallest absolute Gasteiger partial charge is 0.269 e. The van der Waals surface area contributed by atoms with Crippen molar-refractivity contribution in [1.29, 1.82) is 0 Å². The summed E-state index contributed by atoms with van der Waals surface area (Å²) in [6.45, 7) is 4.41. The predicted molar refractivity (Wildman–Crippen MR) is 126 cm³/mol. The number of nitrogens with two attached hydrogens (primary N) is 1. The molecule has 4 N–H and O–H groups in total. The summed E-state index contributed by atoms with van der Waals surface area (Å²) < 4.78 is 0.908. The molecule has 9 heteroatoms. The van der Waals surface area contributed by atoms with E-state index in [1.807, 2.05) is 18.2 Å². The molecule has 1 amide bonds. The Hall–Kier alpha value is -3.17. The van der Waals surface area contributed by atoms with Gasteiger partial charge < -0.3 is 10.6 Å². The molecule has 0 saturated carbocycles. The van der Waals surface area contributed by atoms with Crippen LogP contribution in [0.25, 0.3) is 0 Å². The fourth-order valence-corrected chi connectivity index (χ4v) is 3.75. The van der Waals surface area contributed by atoms with Gasteiger partial charge >= 0.3 is 0 Å². The highest BCUT2D eigenvalue weighted by Crippen LogP contribution is 2.26. The molecule has 1 aromatic heterocycles. The average Bonchev–Trinajstić information content (AvgIpc) is 2.80. The minimum absolute atomic E-state index is 0.276. The molecule has 0 spiro atoms. The number of benzene rings is 2. The monoisotopic (exact) mass is 481 g/mol. The minimum Gasteiger partial charge on any atom is -0.393 e. The van der Waals surface area contributed by atoms with Crippen molar-refractivity contribution < 1.29 is 4.79 Å². The molecule has 1 fully saturated rings. The Morgan fingerprint density at radius 1 is 1.00 bits per heavy atom. The van der Waals surface area contributed by atoms with E-state index in [1.54, 1.807) is 12.1 Å². The second-order valence-corrected chi connectivity index (χ2v) is 8.21. The van der Waals surface area contributed by atoms with Crippen LogP contribution < -0.4 is 21.5 Å². The first-order chi connectivity index (χ1) is 15.1. The number of hydrogen-bond donors (Lipinski definition) is 3. The zero-order chi connectivity index (χ0) is 21.6. The lowest BCUT2D eigenvalue weighted by Gasteiger charge is -2.36. The van der Waals surface area contributed by atoms with Crippen LogP contribution in [0.1, 0.15) is 15.9 Å². The van der Waals surface area contributed by atoms with E-state index in [9.17, 15) is 4.79 Å². The van der Waals surface area contributed by atoms with Gasteiger partial charge in [-0.1, -0.05) is 46.3 Å². The predicted octanol–water partition coefficient (Wildman–Crippen LogP) is 2.90. The molecule has 0 unspecified atom stereocenters. The highest BCUT2D eigenvalue weighted by Gasteiger charge is 2.21. The fraction of sp³-hybridized carbons (Fsp3) is 0.227. The number of carbonyl (C=O) groups is 1. The summed E-state index contributed by atoms with van der Waals surface area (Å²) in [5.74, 6) is 0.776. The molecule has 0 bridgehead atoms. The lowest BCUT2D eigenvalue weighted by molar-refractivity contribution is 0.0962. The van der Waals surface area contributed by atoms with Gasteiger partial charge in [-0.2, -0.15) is 0 Å². The maximum Gasteiger partial charge on any atom is 0.269 e. The third kappa shape index (κ3) is 5.31. The molecule has 4 rings (SSSR count). The van der Waals surface area contributed by atoms with Crippen molar-refractivity contribution in [2.45, 2.75) is 6.54 Å². The summed E-state index contributed by atoms with van der Waals surface area (Å²) >= 11 is 3.36. The van der Waals surface area contributed by atoms with Crippen LogP contribution in [0, 0.1) is 0 Å². The standard InChI is InChI=1S/C22H24BrN7O/c23-18-8-6-17(7-9-18)22(31)28-27-20-19(24)21(26-15-25-20)30-12-10-29(11-13-30)14-16-4-2-1-3-5-16/h1-9,15H,10-14,24H2,(H,28,31)(H,25,26,27). The number of rotatable bonds is 6. The van der Waals surface area contributed by atoms with Crippen LogP contribution in [0.15, 0.2) is 65.4 Å². The van der Waals surface area contributed by atoms with Gasteiger partial charge in [0.05, 0.1) is 0 Å². The van der Waals surface area contributed by atoms with Crippen molar-refractivity contribution >= 4 is 39.2 Å². The van der Waals surface area contributed by atoms with Crippen molar-refractivity contribution in [2.24, 2.45) is 0 Å². The van der Waals surface area contributed by atoms with Gasteiger partial charge in [0.15, 0.2) is 11.6 Å². The second-order valence-electron chi connectivity index (χ2n) is 7.29. The molecular weight excluding hydrogens is 458 g/mol. The zero-order valence-corrected chi connectivity index (χ0v) is 18.5. The molecule has 1 aliphatic heterocycles. The highest BCUT2D eigenvalue weighted by molar-refractivity contribution is 9.10. The number of aromatic nitrogens is 2. The SMILES string of the molecule is Nc1c(NNC(=O)c2ccc(Br)cc2)ncnc1N1CCN(Cc2ccccc2)CC1. The van der Waals surface area contributed by atoms with Crippen molar-refractivity contribution in [3.8, 4) is 0 Å². The van der Waals surface area contributed by atoms with E-state index < -0.39 is 0 Å². The maximum atomic E-state index is 12.3. The molecule has 8 nitrogen and oxygen atoms in total. The first-order valence-corrected chi connectivity index (χ1v) is 10.8. The van der Waals surface area contributed by atoms with Gasteiger partial charge in [0, 0.05) is 42.8 Å². The van der Waals surface area contributed by atoms with E-state index in [0.29, 0.717) is 22.9 Å². The highest BCUT2D eigenvalue weighted by atomic mass is 79.9. The van der Waals surface area contributed by atoms with E-state index in [-0.39, 0.29) is 5.91 Å². The van der Waals surface area contributed by atoms with Crippen molar-refractivity contribution in [1.82, 2.24) is 20.3 Å². The van der Waals surface area contributed by atoms with Gasteiger partial charge in [0.1, 0.15) is 12.0 Å². The van der Waals surface area contributed by atoms with E-state index in [0.717, 1.165) is 37.2 Å². The Morgan fingerprint density at radius 2 is 1.71 bits per heavy atom. The Morgan fingerprint density at radius 3 is 2.42 bits per heavy atom. The third-order valence-electron chi connectivity index (χ3n) is 5.18. The maximum absolute atomic E-state index is 12.3. The van der Waals surface area contributed by atoms with Gasteiger partial charge in [-0.15, -0.1) is 0 Å². The quantitative estimate of drug-likeness (QED) is 0.465. The minimum atomic E-state index is -0.276. The lowest BCUT2D eigenvalue weighted by atomic mass is 10.2. The number of nitrogens with one attached hydrogen (secondary N) is 2. The topological polar surface area (TPSA) is 99.4 Å². The molecule has 0 aliphatic carbocycles. The molecule has 0 atom stereocenters. The van der Waals surface area contributed by atoms with Gasteiger partial charge in [0.25, 0.3) is 5.91 Å². The van der Waals surface area contributed by atoms with Crippen LogP contribution in [0.4, 0.5) is 17.3 Å². The molecule has 3 aromatic rings. The average molecular weight is 482 g/mol. The van der Waals surface area contributed by atoms with Crippen LogP contribution in [-0.4, -0.2) is 47.0 Å². The molecule has 2 aromatic carbocycles. The molecule has 160 valence electrons.